The summed E-state index contributed by atoms with van der Waals surface area (Å²) in [5, 5.41) is 12.7. The second kappa shape index (κ2) is 5.61. The highest BCUT2D eigenvalue weighted by Crippen LogP contribution is 2.61. The van der Waals surface area contributed by atoms with Gasteiger partial charge in [0, 0.05) is 11.0 Å². The number of carboxylic acid groups (broad SMARTS) is 1. The van der Waals surface area contributed by atoms with E-state index in [-0.39, 0.29) is 11.3 Å². The van der Waals surface area contributed by atoms with Crippen molar-refractivity contribution in [1.29, 1.82) is 0 Å². The quantitative estimate of drug-likeness (QED) is 0.891. The maximum atomic E-state index is 12.6. The summed E-state index contributed by atoms with van der Waals surface area (Å²) in [6.07, 6.45) is 6.67. The van der Waals surface area contributed by atoms with E-state index in [1.165, 1.54) is 19.3 Å². The summed E-state index contributed by atoms with van der Waals surface area (Å²) in [7, 11) is 0. The van der Waals surface area contributed by atoms with Crippen molar-refractivity contribution < 1.29 is 14.7 Å². The van der Waals surface area contributed by atoms with Crippen molar-refractivity contribution in [2.45, 2.75) is 51.5 Å². The van der Waals surface area contributed by atoms with E-state index >= 15 is 0 Å². The molecule has 0 aromatic heterocycles. The van der Waals surface area contributed by atoms with Gasteiger partial charge in [0.05, 0.1) is 0 Å². The molecule has 4 saturated carbocycles. The summed E-state index contributed by atoms with van der Waals surface area (Å²) in [5.41, 5.74) is 1.32. The van der Waals surface area contributed by atoms with E-state index in [2.05, 4.69) is 5.32 Å². The molecule has 4 nitrogen and oxygen atoms in total. The number of nitrogens with one attached hydrogen (secondary N) is 1. The van der Waals surface area contributed by atoms with Crippen LogP contribution in [0.25, 0.3) is 0 Å². The van der Waals surface area contributed by atoms with Crippen molar-refractivity contribution in [1.82, 2.24) is 5.32 Å². The van der Waals surface area contributed by atoms with Crippen LogP contribution in [0, 0.1) is 30.1 Å². The zero-order valence-electron chi connectivity index (χ0n) is 14.1. The van der Waals surface area contributed by atoms with Crippen LogP contribution in [-0.2, 0) is 4.79 Å². The monoisotopic (exact) mass is 327 g/mol. The number of aryl methyl sites for hydroxylation is 1. The molecule has 5 rings (SSSR count). The van der Waals surface area contributed by atoms with Crippen LogP contribution in [0.3, 0.4) is 0 Å². The zero-order valence-corrected chi connectivity index (χ0v) is 14.1. The molecule has 0 aliphatic heterocycles. The first-order valence-electron chi connectivity index (χ1n) is 9.05. The van der Waals surface area contributed by atoms with E-state index in [4.69, 9.17) is 0 Å². The van der Waals surface area contributed by atoms with Gasteiger partial charge in [0.15, 0.2) is 0 Å². The summed E-state index contributed by atoms with van der Waals surface area (Å²) < 4.78 is 0. The van der Waals surface area contributed by atoms with Gasteiger partial charge in [0.25, 0.3) is 5.91 Å². The maximum absolute atomic E-state index is 12.6. The van der Waals surface area contributed by atoms with E-state index in [9.17, 15) is 14.7 Å². The van der Waals surface area contributed by atoms with Gasteiger partial charge in [0.1, 0.15) is 6.04 Å². The van der Waals surface area contributed by atoms with Gasteiger partial charge in [-0.3, -0.25) is 4.79 Å². The highest BCUT2D eigenvalue weighted by Gasteiger charge is 2.56. The third-order valence-corrected chi connectivity index (χ3v) is 6.50. The largest absolute Gasteiger partial charge is 0.480 e. The molecular weight excluding hydrogens is 302 g/mol. The van der Waals surface area contributed by atoms with Crippen molar-refractivity contribution in [2.24, 2.45) is 23.2 Å². The van der Waals surface area contributed by atoms with Gasteiger partial charge in [-0.25, -0.2) is 4.79 Å². The minimum atomic E-state index is -0.877. The van der Waals surface area contributed by atoms with Crippen LogP contribution >= 0.6 is 0 Å². The van der Waals surface area contributed by atoms with Gasteiger partial charge in [-0.15, -0.1) is 0 Å². The molecule has 1 atom stereocenters. The number of carbonyl (C=O) groups is 2. The molecule has 4 aliphatic rings. The molecule has 0 heterocycles. The van der Waals surface area contributed by atoms with Crippen molar-refractivity contribution in [3.05, 3.63) is 35.4 Å². The molecule has 1 amide bonds. The van der Waals surface area contributed by atoms with E-state index < -0.39 is 12.0 Å². The molecule has 24 heavy (non-hydrogen) atoms. The van der Waals surface area contributed by atoms with Gasteiger partial charge in [-0.1, -0.05) is 17.7 Å². The first-order chi connectivity index (χ1) is 11.4. The third-order valence-electron chi connectivity index (χ3n) is 6.50. The first kappa shape index (κ1) is 15.7. The van der Waals surface area contributed by atoms with Gasteiger partial charge >= 0.3 is 5.97 Å². The van der Waals surface area contributed by atoms with Crippen molar-refractivity contribution in [3.8, 4) is 0 Å². The lowest BCUT2D eigenvalue weighted by Gasteiger charge is -2.58. The average Bonchev–Trinajstić information content (AvgIpc) is 2.50. The Kier molecular flexibility index (Phi) is 3.66. The Labute approximate surface area is 142 Å². The first-order valence-corrected chi connectivity index (χ1v) is 9.05. The van der Waals surface area contributed by atoms with Crippen LogP contribution in [0.1, 0.15) is 54.4 Å². The van der Waals surface area contributed by atoms with E-state index in [0.29, 0.717) is 23.3 Å². The lowest BCUT2D eigenvalue weighted by atomic mass is 9.47. The third kappa shape index (κ3) is 2.62. The molecule has 4 bridgehead atoms. The van der Waals surface area contributed by atoms with E-state index in [1.54, 1.807) is 6.07 Å². The smallest absolute Gasteiger partial charge is 0.326 e. The number of carboxylic acids is 1. The molecule has 2 N–H and O–H groups in total. The fourth-order valence-corrected chi connectivity index (χ4v) is 6.01. The SMILES string of the molecule is Cc1cccc(C(=O)N[C@@H](C(=O)O)C23CC4CC(CC(C4)C2)C3)c1. The van der Waals surface area contributed by atoms with Gasteiger partial charge < -0.3 is 10.4 Å². The molecule has 1 aromatic carbocycles. The Morgan fingerprint density at radius 2 is 1.71 bits per heavy atom. The molecule has 0 radical (unpaired) electrons. The van der Waals surface area contributed by atoms with Crippen LogP contribution in [0.2, 0.25) is 0 Å². The molecule has 0 unspecified atom stereocenters. The lowest BCUT2D eigenvalue weighted by Crippen LogP contribution is -2.59. The zero-order chi connectivity index (χ0) is 16.9. The summed E-state index contributed by atoms with van der Waals surface area (Å²) >= 11 is 0. The number of hydrogen-bond donors (Lipinski definition) is 2. The summed E-state index contributed by atoms with van der Waals surface area (Å²) in [4.78, 5) is 24.7. The fourth-order valence-electron chi connectivity index (χ4n) is 6.01. The standard InChI is InChI=1S/C20H25NO3/c1-12-3-2-4-16(5-12)18(22)21-17(19(23)24)20-9-13-6-14(10-20)8-15(7-13)11-20/h2-5,13-15,17H,6-11H2,1H3,(H,21,22)(H,23,24)/t13?,14?,15?,17-,20?/m0/s1. The van der Waals surface area contributed by atoms with Crippen LogP contribution < -0.4 is 5.32 Å². The predicted molar refractivity (Wildman–Crippen MR) is 90.7 cm³/mol. The highest BCUT2D eigenvalue weighted by molar-refractivity contribution is 5.97. The van der Waals surface area contributed by atoms with Crippen LogP contribution in [0.15, 0.2) is 24.3 Å². The number of aliphatic carboxylic acids is 1. The predicted octanol–water partition coefficient (Wildman–Crippen LogP) is 3.39. The van der Waals surface area contributed by atoms with Crippen LogP contribution in [0.5, 0.6) is 0 Å². The Morgan fingerprint density at radius 3 is 2.21 bits per heavy atom. The molecule has 4 fully saturated rings. The molecular formula is C20H25NO3. The number of hydrogen-bond acceptors (Lipinski definition) is 2. The van der Waals surface area contributed by atoms with Gasteiger partial charge in [-0.2, -0.15) is 0 Å². The summed E-state index contributed by atoms with van der Waals surface area (Å²) in [6.45, 7) is 1.94. The molecule has 4 aliphatic carbocycles. The molecule has 128 valence electrons. The van der Waals surface area contributed by atoms with Crippen LogP contribution in [0.4, 0.5) is 0 Å². The average molecular weight is 327 g/mol. The molecule has 1 aromatic rings. The highest BCUT2D eigenvalue weighted by atomic mass is 16.4. The lowest BCUT2D eigenvalue weighted by molar-refractivity contribution is -0.150. The van der Waals surface area contributed by atoms with Crippen molar-refractivity contribution >= 4 is 11.9 Å². The normalized spacial score (nSPS) is 34.8. The fraction of sp³-hybridized carbons (Fsp3) is 0.600. The van der Waals surface area contributed by atoms with Gasteiger partial charge in [-0.05, 0) is 75.3 Å². The number of rotatable bonds is 4. The number of benzene rings is 1. The van der Waals surface area contributed by atoms with E-state index in [1.807, 2.05) is 25.1 Å². The number of carbonyl (C=O) groups excluding carboxylic acids is 1. The van der Waals surface area contributed by atoms with E-state index in [0.717, 1.165) is 24.8 Å². The Hall–Kier alpha value is -1.84. The van der Waals surface area contributed by atoms with Crippen LogP contribution in [-0.4, -0.2) is 23.0 Å². The molecule has 0 saturated heterocycles. The summed E-state index contributed by atoms with van der Waals surface area (Å²) in [5.74, 6) is 0.844. The van der Waals surface area contributed by atoms with Gasteiger partial charge in [0.2, 0.25) is 0 Å². The summed E-state index contributed by atoms with van der Waals surface area (Å²) in [6, 6.07) is 6.57. The topological polar surface area (TPSA) is 66.4 Å². The number of amides is 1. The second-order valence-corrected chi connectivity index (χ2v) is 8.39. The molecule has 4 heteroatoms. The minimum absolute atomic E-state index is 0.236. The van der Waals surface area contributed by atoms with Crippen molar-refractivity contribution in [3.63, 3.8) is 0 Å². The second-order valence-electron chi connectivity index (χ2n) is 8.39. The Balaban J connectivity index is 1.59. The Morgan fingerprint density at radius 1 is 1.12 bits per heavy atom. The molecule has 0 spiro atoms. The minimum Gasteiger partial charge on any atom is -0.480 e. The maximum Gasteiger partial charge on any atom is 0.326 e. The van der Waals surface area contributed by atoms with Crippen molar-refractivity contribution in [2.75, 3.05) is 0 Å². The Bertz CT molecular complexity index is 646.